The predicted octanol–water partition coefficient (Wildman–Crippen LogP) is 0.504. The van der Waals surface area contributed by atoms with Crippen molar-refractivity contribution >= 4 is 11.9 Å². The Kier molecular flexibility index (Phi) is 6.52. The van der Waals surface area contributed by atoms with Crippen LogP contribution in [0, 0.1) is 0 Å². The highest BCUT2D eigenvalue weighted by atomic mass is 16.4. The molecule has 0 saturated carbocycles. The summed E-state index contributed by atoms with van der Waals surface area (Å²) in [6.07, 6.45) is 1.14. The molecule has 1 aromatic rings. The molecule has 0 aromatic heterocycles. The van der Waals surface area contributed by atoms with E-state index in [4.69, 9.17) is 5.11 Å². The van der Waals surface area contributed by atoms with Gasteiger partial charge >= 0.3 is 5.97 Å². The van der Waals surface area contributed by atoms with Gasteiger partial charge in [0.05, 0.1) is 0 Å². The van der Waals surface area contributed by atoms with Crippen molar-refractivity contribution in [2.45, 2.75) is 25.3 Å². The van der Waals surface area contributed by atoms with Crippen molar-refractivity contribution in [2.75, 3.05) is 13.6 Å². The van der Waals surface area contributed by atoms with Gasteiger partial charge in [-0.15, -0.1) is 0 Å². The van der Waals surface area contributed by atoms with Gasteiger partial charge in [-0.25, -0.2) is 4.79 Å². The molecule has 6 nitrogen and oxygen atoms in total. The summed E-state index contributed by atoms with van der Waals surface area (Å²) in [5.41, 5.74) is 0.741. The summed E-state index contributed by atoms with van der Waals surface area (Å²) in [5, 5.41) is 23.7. The minimum Gasteiger partial charge on any atom is -0.508 e. The van der Waals surface area contributed by atoms with Gasteiger partial charge in [0.25, 0.3) is 0 Å². The number of phenolic OH excluding ortho intramolecular Hbond substituents is 1. The number of benzene rings is 1. The largest absolute Gasteiger partial charge is 0.508 e. The molecule has 1 amide bonds. The Labute approximate surface area is 117 Å². The van der Waals surface area contributed by atoms with E-state index in [1.165, 1.54) is 12.1 Å². The Bertz CT molecular complexity index is 445. The fraction of sp³-hybridized carbons (Fsp3) is 0.429. The van der Waals surface area contributed by atoms with E-state index in [1.807, 2.05) is 0 Å². The highest BCUT2D eigenvalue weighted by Gasteiger charge is 2.20. The molecule has 1 rings (SSSR count). The van der Waals surface area contributed by atoms with Crippen LogP contribution in [0.3, 0.4) is 0 Å². The standard InChI is InChI=1S/C14H20N2O4/c1-15-8-2-3-13(18)16-12(14(19)20)9-10-4-6-11(17)7-5-10/h4-7,12,15,17H,2-3,8-9H2,1H3,(H,16,18)(H,19,20)/t12-/m0/s1. The molecule has 20 heavy (non-hydrogen) atoms. The van der Waals surface area contributed by atoms with E-state index in [0.717, 1.165) is 5.56 Å². The number of nitrogens with one attached hydrogen (secondary N) is 2. The quantitative estimate of drug-likeness (QED) is 0.520. The second-order valence-electron chi connectivity index (χ2n) is 4.54. The third-order valence-electron chi connectivity index (χ3n) is 2.84. The number of hydrogen-bond acceptors (Lipinski definition) is 4. The number of carbonyl (C=O) groups is 2. The van der Waals surface area contributed by atoms with Gasteiger partial charge in [0.1, 0.15) is 11.8 Å². The summed E-state index contributed by atoms with van der Waals surface area (Å²) >= 11 is 0. The molecule has 0 aliphatic rings. The molecule has 0 aliphatic carbocycles. The molecule has 6 heteroatoms. The van der Waals surface area contributed by atoms with Crippen LogP contribution < -0.4 is 10.6 Å². The monoisotopic (exact) mass is 280 g/mol. The predicted molar refractivity (Wildman–Crippen MR) is 74.5 cm³/mol. The Hall–Kier alpha value is -2.08. The highest BCUT2D eigenvalue weighted by molar-refractivity contribution is 5.83. The van der Waals surface area contributed by atoms with Crippen LogP contribution in [0.25, 0.3) is 0 Å². The van der Waals surface area contributed by atoms with Gasteiger partial charge in [0.2, 0.25) is 5.91 Å². The van der Waals surface area contributed by atoms with E-state index in [2.05, 4.69) is 10.6 Å². The third kappa shape index (κ3) is 5.71. The maximum Gasteiger partial charge on any atom is 0.326 e. The Morgan fingerprint density at radius 3 is 2.45 bits per heavy atom. The SMILES string of the molecule is CNCCCC(=O)N[C@@H](Cc1ccc(O)cc1)C(=O)O. The van der Waals surface area contributed by atoms with Crippen molar-refractivity contribution in [1.82, 2.24) is 10.6 Å². The molecule has 0 spiro atoms. The molecule has 4 N–H and O–H groups in total. The van der Waals surface area contributed by atoms with Crippen molar-refractivity contribution in [3.63, 3.8) is 0 Å². The van der Waals surface area contributed by atoms with E-state index < -0.39 is 12.0 Å². The maximum atomic E-state index is 11.6. The van der Waals surface area contributed by atoms with E-state index >= 15 is 0 Å². The lowest BCUT2D eigenvalue weighted by Crippen LogP contribution is -2.42. The second kappa shape index (κ2) is 8.16. The average Bonchev–Trinajstić information content (AvgIpc) is 2.40. The average molecular weight is 280 g/mol. The smallest absolute Gasteiger partial charge is 0.326 e. The van der Waals surface area contributed by atoms with E-state index in [0.29, 0.717) is 19.4 Å². The zero-order valence-electron chi connectivity index (χ0n) is 11.4. The van der Waals surface area contributed by atoms with Crippen LogP contribution >= 0.6 is 0 Å². The van der Waals surface area contributed by atoms with Crippen LogP contribution in [0.15, 0.2) is 24.3 Å². The number of carbonyl (C=O) groups excluding carboxylic acids is 1. The molecule has 110 valence electrons. The first-order valence-electron chi connectivity index (χ1n) is 6.47. The molecule has 0 heterocycles. The first-order chi connectivity index (χ1) is 9.52. The summed E-state index contributed by atoms with van der Waals surface area (Å²) in [4.78, 5) is 22.8. The number of rotatable bonds is 8. The summed E-state index contributed by atoms with van der Waals surface area (Å²) in [6.45, 7) is 0.711. The number of aromatic hydroxyl groups is 1. The molecular formula is C14H20N2O4. The molecule has 1 aromatic carbocycles. The van der Waals surface area contributed by atoms with Gasteiger partial charge in [-0.1, -0.05) is 12.1 Å². The first-order valence-corrected chi connectivity index (χ1v) is 6.47. The lowest BCUT2D eigenvalue weighted by molar-refractivity contribution is -0.141. The topological polar surface area (TPSA) is 98.7 Å². The van der Waals surface area contributed by atoms with Crippen LogP contribution in [0.5, 0.6) is 5.75 Å². The normalized spacial score (nSPS) is 11.8. The highest BCUT2D eigenvalue weighted by Crippen LogP contribution is 2.11. The van der Waals surface area contributed by atoms with Crippen molar-refractivity contribution in [1.29, 1.82) is 0 Å². The minimum absolute atomic E-state index is 0.122. The van der Waals surface area contributed by atoms with Crippen molar-refractivity contribution < 1.29 is 19.8 Å². The van der Waals surface area contributed by atoms with Crippen LogP contribution in [-0.2, 0) is 16.0 Å². The van der Waals surface area contributed by atoms with Gasteiger partial charge in [0.15, 0.2) is 0 Å². The van der Waals surface area contributed by atoms with Crippen molar-refractivity contribution in [3.8, 4) is 5.75 Å². The minimum atomic E-state index is -1.07. The van der Waals surface area contributed by atoms with E-state index in [1.54, 1.807) is 19.2 Å². The number of amides is 1. The first kappa shape index (κ1) is 16.0. The maximum absolute atomic E-state index is 11.6. The number of aliphatic carboxylic acids is 1. The van der Waals surface area contributed by atoms with E-state index in [-0.39, 0.29) is 18.1 Å². The molecule has 0 radical (unpaired) electrons. The van der Waals surface area contributed by atoms with Crippen LogP contribution in [0.4, 0.5) is 0 Å². The molecular weight excluding hydrogens is 260 g/mol. The number of phenols is 1. The Morgan fingerprint density at radius 2 is 1.90 bits per heavy atom. The fourth-order valence-electron chi connectivity index (χ4n) is 1.76. The molecule has 0 aliphatic heterocycles. The van der Waals surface area contributed by atoms with Gasteiger partial charge < -0.3 is 20.8 Å². The van der Waals surface area contributed by atoms with Crippen LogP contribution in [0.2, 0.25) is 0 Å². The molecule has 0 fully saturated rings. The summed E-state index contributed by atoms with van der Waals surface area (Å²) in [5.74, 6) is -1.22. The molecule has 1 atom stereocenters. The molecule has 0 unspecified atom stereocenters. The van der Waals surface area contributed by atoms with Gasteiger partial charge in [-0.2, -0.15) is 0 Å². The number of hydrogen-bond donors (Lipinski definition) is 4. The Morgan fingerprint density at radius 1 is 1.25 bits per heavy atom. The summed E-state index contributed by atoms with van der Waals surface area (Å²) in [6, 6.07) is 5.30. The van der Waals surface area contributed by atoms with Crippen LogP contribution in [0.1, 0.15) is 18.4 Å². The number of carboxylic acid groups (broad SMARTS) is 1. The zero-order chi connectivity index (χ0) is 15.0. The van der Waals surface area contributed by atoms with Gasteiger partial charge in [-0.3, -0.25) is 4.79 Å². The fourth-order valence-corrected chi connectivity index (χ4v) is 1.76. The van der Waals surface area contributed by atoms with Gasteiger partial charge in [0, 0.05) is 12.8 Å². The number of carboxylic acids is 1. The lowest BCUT2D eigenvalue weighted by Gasteiger charge is -2.14. The van der Waals surface area contributed by atoms with E-state index in [9.17, 15) is 14.7 Å². The lowest BCUT2D eigenvalue weighted by atomic mass is 10.1. The summed E-state index contributed by atoms with van der Waals surface area (Å²) in [7, 11) is 1.79. The third-order valence-corrected chi connectivity index (χ3v) is 2.84. The van der Waals surface area contributed by atoms with Crippen molar-refractivity contribution in [2.24, 2.45) is 0 Å². The van der Waals surface area contributed by atoms with Gasteiger partial charge in [-0.05, 0) is 37.7 Å². The second-order valence-corrected chi connectivity index (χ2v) is 4.54. The molecule has 0 saturated heterocycles. The van der Waals surface area contributed by atoms with Crippen LogP contribution in [-0.4, -0.2) is 41.7 Å². The molecule has 0 bridgehead atoms. The van der Waals surface area contributed by atoms with Crippen molar-refractivity contribution in [3.05, 3.63) is 29.8 Å². The summed E-state index contributed by atoms with van der Waals surface area (Å²) < 4.78 is 0. The Balaban J connectivity index is 2.54. The zero-order valence-corrected chi connectivity index (χ0v) is 11.4.